The molecule has 4 rings (SSSR count). The number of carbonyl (C=O) groups is 2. The number of hydrogen-bond donors (Lipinski definition) is 1. The summed E-state index contributed by atoms with van der Waals surface area (Å²) in [5.74, 6) is -0.588. The summed E-state index contributed by atoms with van der Waals surface area (Å²) in [5, 5.41) is 10.2. The van der Waals surface area contributed by atoms with Crippen molar-refractivity contribution in [3.63, 3.8) is 0 Å². The van der Waals surface area contributed by atoms with Gasteiger partial charge in [-0.1, -0.05) is 47.5 Å². The summed E-state index contributed by atoms with van der Waals surface area (Å²) in [7, 11) is 0. The number of likely N-dealkylation sites (tertiary alicyclic amines) is 1. The number of nitrogens with zero attached hydrogens (tertiary/aromatic N) is 2. The van der Waals surface area contributed by atoms with Crippen LogP contribution in [0.15, 0.2) is 48.2 Å². The Morgan fingerprint density at radius 3 is 2.47 bits per heavy atom. The Morgan fingerprint density at radius 2 is 1.80 bits per heavy atom. The molecule has 6 heteroatoms. The third-order valence-corrected chi connectivity index (χ3v) is 6.31. The number of aliphatic hydroxyl groups excluding tert-OH is 1. The maximum atomic E-state index is 13.6. The first-order chi connectivity index (χ1) is 14.4. The lowest BCUT2D eigenvalue weighted by Crippen LogP contribution is -2.40. The highest BCUT2D eigenvalue weighted by Crippen LogP contribution is 2.37. The van der Waals surface area contributed by atoms with Gasteiger partial charge in [-0.2, -0.15) is 0 Å². The molecular formula is C24H25ClN2O3. The van der Waals surface area contributed by atoms with Gasteiger partial charge in [-0.15, -0.1) is 0 Å². The van der Waals surface area contributed by atoms with E-state index >= 15 is 0 Å². The molecule has 156 valence electrons. The highest BCUT2D eigenvalue weighted by molar-refractivity contribution is 6.45. The van der Waals surface area contributed by atoms with Crippen LogP contribution in [0.5, 0.6) is 0 Å². The van der Waals surface area contributed by atoms with Crippen LogP contribution < -0.4 is 4.90 Å². The van der Waals surface area contributed by atoms with Gasteiger partial charge in [0, 0.05) is 24.7 Å². The van der Waals surface area contributed by atoms with Crippen LogP contribution in [0.4, 0.5) is 5.69 Å². The Labute approximate surface area is 181 Å². The average Bonchev–Trinajstić information content (AvgIpc) is 3.01. The number of rotatable bonds is 4. The third kappa shape index (κ3) is 3.64. The molecule has 0 radical (unpaired) electrons. The van der Waals surface area contributed by atoms with Crippen molar-refractivity contribution in [2.75, 3.05) is 24.6 Å². The summed E-state index contributed by atoms with van der Waals surface area (Å²) in [5.41, 5.74) is 3.98. The minimum absolute atomic E-state index is 0.0725. The SMILES string of the molecule is Cc1ccc(C2=C(N3CCCC(CO)C3)C(=O)N(c3ccc(C)c(Cl)c3)C2=O)cc1. The van der Waals surface area contributed by atoms with Crippen molar-refractivity contribution in [2.45, 2.75) is 26.7 Å². The van der Waals surface area contributed by atoms with Crippen molar-refractivity contribution in [2.24, 2.45) is 5.92 Å². The molecule has 2 heterocycles. The molecular weight excluding hydrogens is 400 g/mol. The van der Waals surface area contributed by atoms with Crippen LogP contribution in [0.1, 0.15) is 29.5 Å². The van der Waals surface area contributed by atoms with Gasteiger partial charge >= 0.3 is 0 Å². The van der Waals surface area contributed by atoms with E-state index in [1.807, 2.05) is 49.1 Å². The number of piperidine rings is 1. The van der Waals surface area contributed by atoms with Crippen LogP contribution in [0.25, 0.3) is 5.57 Å². The second-order valence-electron chi connectivity index (χ2n) is 8.11. The molecule has 0 saturated carbocycles. The van der Waals surface area contributed by atoms with E-state index in [0.29, 0.717) is 35.1 Å². The summed E-state index contributed by atoms with van der Waals surface area (Å²) in [4.78, 5) is 30.3. The van der Waals surface area contributed by atoms with Crippen LogP contribution in [0.3, 0.4) is 0 Å². The number of hydrogen-bond acceptors (Lipinski definition) is 4. The third-order valence-electron chi connectivity index (χ3n) is 5.91. The van der Waals surface area contributed by atoms with E-state index in [4.69, 9.17) is 11.6 Å². The van der Waals surface area contributed by atoms with Crippen LogP contribution in [-0.4, -0.2) is 41.5 Å². The van der Waals surface area contributed by atoms with Gasteiger partial charge in [-0.3, -0.25) is 9.59 Å². The zero-order chi connectivity index (χ0) is 21.4. The molecule has 0 spiro atoms. The van der Waals surface area contributed by atoms with Crippen molar-refractivity contribution in [1.29, 1.82) is 0 Å². The Hall–Kier alpha value is -2.63. The van der Waals surface area contributed by atoms with Crippen molar-refractivity contribution in [1.82, 2.24) is 4.90 Å². The Morgan fingerprint density at radius 1 is 1.07 bits per heavy atom. The second-order valence-corrected chi connectivity index (χ2v) is 8.51. The van der Waals surface area contributed by atoms with Gasteiger partial charge in [0.1, 0.15) is 5.70 Å². The number of aryl methyl sites for hydroxylation is 2. The van der Waals surface area contributed by atoms with Gasteiger partial charge in [0.25, 0.3) is 11.8 Å². The molecule has 2 aliphatic heterocycles. The number of carbonyl (C=O) groups excluding carboxylic acids is 2. The zero-order valence-corrected chi connectivity index (χ0v) is 17.9. The fourth-order valence-electron chi connectivity index (χ4n) is 4.16. The van der Waals surface area contributed by atoms with E-state index in [-0.39, 0.29) is 24.3 Å². The van der Waals surface area contributed by atoms with Crippen LogP contribution >= 0.6 is 11.6 Å². The highest BCUT2D eigenvalue weighted by atomic mass is 35.5. The lowest BCUT2D eigenvalue weighted by Gasteiger charge is -2.34. The van der Waals surface area contributed by atoms with Crippen LogP contribution in [0.2, 0.25) is 5.02 Å². The minimum Gasteiger partial charge on any atom is -0.396 e. The van der Waals surface area contributed by atoms with Crippen molar-refractivity contribution in [3.8, 4) is 0 Å². The van der Waals surface area contributed by atoms with E-state index in [2.05, 4.69) is 0 Å². The summed E-state index contributed by atoms with van der Waals surface area (Å²) >= 11 is 6.28. The Kier molecular flexibility index (Phi) is 5.67. The lowest BCUT2D eigenvalue weighted by atomic mass is 9.96. The lowest BCUT2D eigenvalue weighted by molar-refractivity contribution is -0.120. The molecule has 0 aliphatic carbocycles. The number of halogens is 1. The first-order valence-electron chi connectivity index (χ1n) is 10.2. The zero-order valence-electron chi connectivity index (χ0n) is 17.2. The monoisotopic (exact) mass is 424 g/mol. The molecule has 30 heavy (non-hydrogen) atoms. The largest absolute Gasteiger partial charge is 0.396 e. The number of amides is 2. The quantitative estimate of drug-likeness (QED) is 0.755. The smallest absolute Gasteiger partial charge is 0.282 e. The number of aliphatic hydroxyl groups is 1. The predicted octanol–water partition coefficient (Wildman–Crippen LogP) is 3.95. The van der Waals surface area contributed by atoms with E-state index in [1.165, 1.54) is 4.90 Å². The van der Waals surface area contributed by atoms with Gasteiger partial charge in [0.15, 0.2) is 0 Å². The second kappa shape index (κ2) is 8.25. The molecule has 1 N–H and O–H groups in total. The molecule has 1 saturated heterocycles. The van der Waals surface area contributed by atoms with E-state index in [9.17, 15) is 14.7 Å². The molecule has 0 bridgehead atoms. The van der Waals surface area contributed by atoms with E-state index < -0.39 is 0 Å². The van der Waals surface area contributed by atoms with Gasteiger partial charge in [-0.05, 0) is 55.9 Å². The Bertz CT molecular complexity index is 1030. The molecule has 2 amide bonds. The Balaban J connectivity index is 1.81. The van der Waals surface area contributed by atoms with Crippen molar-refractivity contribution < 1.29 is 14.7 Å². The van der Waals surface area contributed by atoms with Gasteiger partial charge in [0.2, 0.25) is 0 Å². The molecule has 1 unspecified atom stereocenters. The summed E-state index contributed by atoms with van der Waals surface area (Å²) in [6.07, 6.45) is 1.79. The maximum Gasteiger partial charge on any atom is 0.282 e. The summed E-state index contributed by atoms with van der Waals surface area (Å²) < 4.78 is 0. The first kappa shape index (κ1) is 20.6. The summed E-state index contributed by atoms with van der Waals surface area (Å²) in [6, 6.07) is 12.9. The van der Waals surface area contributed by atoms with Crippen LogP contribution in [0, 0.1) is 19.8 Å². The normalized spacial score (nSPS) is 19.8. The number of imide groups is 1. The molecule has 2 aromatic rings. The van der Waals surface area contributed by atoms with Gasteiger partial charge in [0.05, 0.1) is 11.3 Å². The fraction of sp³-hybridized carbons (Fsp3) is 0.333. The van der Waals surface area contributed by atoms with Gasteiger partial charge in [-0.25, -0.2) is 4.90 Å². The molecule has 2 aliphatic rings. The molecule has 2 aromatic carbocycles. The summed E-state index contributed by atoms with van der Waals surface area (Å²) in [6.45, 7) is 5.18. The highest BCUT2D eigenvalue weighted by Gasteiger charge is 2.43. The molecule has 1 fully saturated rings. The molecule has 1 atom stereocenters. The first-order valence-corrected chi connectivity index (χ1v) is 10.6. The fourth-order valence-corrected chi connectivity index (χ4v) is 4.34. The van der Waals surface area contributed by atoms with E-state index in [0.717, 1.165) is 29.5 Å². The van der Waals surface area contributed by atoms with Crippen molar-refractivity contribution in [3.05, 3.63) is 69.9 Å². The van der Waals surface area contributed by atoms with Gasteiger partial charge < -0.3 is 10.0 Å². The average molecular weight is 425 g/mol. The maximum absolute atomic E-state index is 13.6. The predicted molar refractivity (Wildman–Crippen MR) is 118 cm³/mol. The minimum atomic E-state index is -0.343. The van der Waals surface area contributed by atoms with Crippen LogP contribution in [-0.2, 0) is 9.59 Å². The topological polar surface area (TPSA) is 60.9 Å². The number of benzene rings is 2. The van der Waals surface area contributed by atoms with Crippen molar-refractivity contribution >= 4 is 34.7 Å². The molecule has 0 aromatic heterocycles. The standard InChI is InChI=1S/C24H25ClN2O3/c1-15-5-8-18(9-6-15)21-22(26-11-3-4-17(13-26)14-28)24(30)27(23(21)29)19-10-7-16(2)20(25)12-19/h5-10,12,17,28H,3-4,11,13-14H2,1-2H3. The molecule has 5 nitrogen and oxygen atoms in total. The van der Waals surface area contributed by atoms with E-state index in [1.54, 1.807) is 12.1 Å². The number of anilines is 1.